The van der Waals surface area contributed by atoms with Gasteiger partial charge in [-0.05, 0) is 18.9 Å². The van der Waals surface area contributed by atoms with Crippen LogP contribution in [0.5, 0.6) is 0 Å². The summed E-state index contributed by atoms with van der Waals surface area (Å²) in [5, 5.41) is 4.26. The van der Waals surface area contributed by atoms with E-state index in [-0.39, 0.29) is 5.91 Å². The molecule has 3 nitrogen and oxygen atoms in total. The Morgan fingerprint density at radius 3 is 2.78 bits per heavy atom. The lowest BCUT2D eigenvalue weighted by atomic mass is 10.1. The Morgan fingerprint density at radius 2 is 2.17 bits per heavy atom. The molecular formula is C14H16ClNO2. The molecule has 0 aliphatic heterocycles. The smallest absolute Gasteiger partial charge is 0.287 e. The van der Waals surface area contributed by atoms with E-state index < -0.39 is 0 Å². The lowest BCUT2D eigenvalue weighted by Crippen LogP contribution is -2.27. The number of carbonyl (C=O) groups excluding carboxylic acids is 1. The highest BCUT2D eigenvalue weighted by atomic mass is 35.5. The molecule has 1 aromatic heterocycles. The van der Waals surface area contributed by atoms with Gasteiger partial charge in [-0.15, -0.1) is 0 Å². The van der Waals surface area contributed by atoms with E-state index in [0.717, 1.165) is 10.9 Å². The number of hydrogen-bond donors (Lipinski definition) is 1. The minimum Gasteiger partial charge on any atom is -0.449 e. The molecule has 1 amide bonds. The molecule has 18 heavy (non-hydrogen) atoms. The van der Waals surface area contributed by atoms with Crippen molar-refractivity contribution in [3.63, 3.8) is 0 Å². The summed E-state index contributed by atoms with van der Waals surface area (Å²) in [4.78, 5) is 12.0. The van der Waals surface area contributed by atoms with Crippen molar-refractivity contribution in [2.24, 2.45) is 5.92 Å². The van der Waals surface area contributed by atoms with E-state index in [1.54, 1.807) is 6.07 Å². The molecule has 4 heteroatoms. The molecule has 2 rings (SSSR count). The predicted molar refractivity (Wildman–Crippen MR) is 73.1 cm³/mol. The molecule has 1 N–H and O–H groups in total. The zero-order valence-electron chi connectivity index (χ0n) is 10.7. The Balaban J connectivity index is 2.37. The Morgan fingerprint density at radius 1 is 1.44 bits per heavy atom. The van der Waals surface area contributed by atoms with Crippen LogP contribution in [0.15, 0.2) is 22.6 Å². The first-order valence-electron chi connectivity index (χ1n) is 5.96. The first-order chi connectivity index (χ1) is 8.50. The minimum absolute atomic E-state index is 0.187. The quantitative estimate of drug-likeness (QED) is 0.918. The second-order valence-electron chi connectivity index (χ2n) is 4.78. The number of hydrogen-bond acceptors (Lipinski definition) is 2. The van der Waals surface area contributed by atoms with Gasteiger partial charge in [0.15, 0.2) is 11.3 Å². The van der Waals surface area contributed by atoms with Crippen LogP contribution >= 0.6 is 11.6 Å². The fourth-order valence-corrected chi connectivity index (χ4v) is 2.02. The third-order valence-electron chi connectivity index (χ3n) is 2.79. The number of amides is 1. The number of nitrogens with one attached hydrogen (secondary N) is 1. The van der Waals surface area contributed by atoms with E-state index in [2.05, 4.69) is 5.32 Å². The first-order valence-corrected chi connectivity index (χ1v) is 6.34. The van der Waals surface area contributed by atoms with Gasteiger partial charge in [-0.1, -0.05) is 37.6 Å². The van der Waals surface area contributed by atoms with E-state index in [1.807, 2.05) is 32.9 Å². The zero-order chi connectivity index (χ0) is 13.3. The second-order valence-corrected chi connectivity index (χ2v) is 5.18. The third kappa shape index (κ3) is 2.36. The molecule has 0 saturated carbocycles. The van der Waals surface area contributed by atoms with Crippen LogP contribution in [-0.2, 0) is 0 Å². The molecule has 0 fully saturated rings. The van der Waals surface area contributed by atoms with Crippen LogP contribution in [-0.4, -0.2) is 12.5 Å². The molecule has 0 aliphatic carbocycles. The molecule has 1 aromatic carbocycles. The summed E-state index contributed by atoms with van der Waals surface area (Å²) < 4.78 is 5.58. The maximum atomic E-state index is 12.0. The predicted octanol–water partition coefficient (Wildman–Crippen LogP) is 3.78. The first kappa shape index (κ1) is 13.0. The van der Waals surface area contributed by atoms with Gasteiger partial charge in [0.25, 0.3) is 5.91 Å². The van der Waals surface area contributed by atoms with Crippen LogP contribution < -0.4 is 5.32 Å². The van der Waals surface area contributed by atoms with Crippen LogP contribution in [0.4, 0.5) is 0 Å². The molecule has 0 unspecified atom stereocenters. The lowest BCUT2D eigenvalue weighted by Gasteiger charge is -2.05. The number of furan rings is 1. The van der Waals surface area contributed by atoms with Crippen molar-refractivity contribution in [2.75, 3.05) is 6.54 Å². The number of halogens is 1. The summed E-state index contributed by atoms with van der Waals surface area (Å²) in [7, 11) is 0. The van der Waals surface area contributed by atoms with Gasteiger partial charge in [0.1, 0.15) is 0 Å². The standard InChI is InChI=1S/C14H16ClNO2/c1-8(2)7-16-14(17)12-9(3)10-5-4-6-11(15)13(10)18-12/h4-6,8H,7H2,1-3H3,(H,16,17). The number of carbonyl (C=O) groups is 1. The van der Waals surface area contributed by atoms with Gasteiger partial charge in [0.2, 0.25) is 0 Å². The van der Waals surface area contributed by atoms with Crippen LogP contribution in [0.25, 0.3) is 11.0 Å². The summed E-state index contributed by atoms with van der Waals surface area (Å²) in [5.41, 5.74) is 1.40. The van der Waals surface area contributed by atoms with Gasteiger partial charge in [0.05, 0.1) is 5.02 Å². The highest BCUT2D eigenvalue weighted by Crippen LogP contribution is 2.30. The number of rotatable bonds is 3. The molecule has 2 aromatic rings. The van der Waals surface area contributed by atoms with Gasteiger partial charge in [-0.2, -0.15) is 0 Å². The van der Waals surface area contributed by atoms with Gasteiger partial charge < -0.3 is 9.73 Å². The Bertz CT molecular complexity index is 587. The van der Waals surface area contributed by atoms with Crippen molar-refractivity contribution < 1.29 is 9.21 Å². The van der Waals surface area contributed by atoms with Crippen molar-refractivity contribution in [1.29, 1.82) is 0 Å². The minimum atomic E-state index is -0.187. The van der Waals surface area contributed by atoms with Gasteiger partial charge in [-0.3, -0.25) is 4.79 Å². The fraction of sp³-hybridized carbons (Fsp3) is 0.357. The molecule has 1 heterocycles. The summed E-state index contributed by atoms with van der Waals surface area (Å²) in [6.07, 6.45) is 0. The van der Waals surface area contributed by atoms with E-state index in [9.17, 15) is 4.79 Å². The Labute approximate surface area is 111 Å². The van der Waals surface area contributed by atoms with Crippen LogP contribution in [0.1, 0.15) is 30.0 Å². The monoisotopic (exact) mass is 265 g/mol. The Kier molecular flexibility index (Phi) is 3.62. The molecule has 0 aliphatic rings. The number of fused-ring (bicyclic) bond motifs is 1. The maximum absolute atomic E-state index is 12.0. The van der Waals surface area contributed by atoms with Crippen molar-refractivity contribution in [2.45, 2.75) is 20.8 Å². The average Bonchev–Trinajstić information content (AvgIpc) is 2.66. The Hall–Kier alpha value is -1.48. The maximum Gasteiger partial charge on any atom is 0.287 e. The molecule has 0 atom stereocenters. The second kappa shape index (κ2) is 5.02. The molecule has 0 radical (unpaired) electrons. The van der Waals surface area contributed by atoms with Gasteiger partial charge in [-0.25, -0.2) is 0 Å². The number of benzene rings is 1. The van der Waals surface area contributed by atoms with E-state index in [1.165, 1.54) is 0 Å². The highest BCUT2D eigenvalue weighted by Gasteiger charge is 2.18. The van der Waals surface area contributed by atoms with Gasteiger partial charge >= 0.3 is 0 Å². The summed E-state index contributed by atoms with van der Waals surface area (Å²) >= 11 is 6.05. The van der Waals surface area contributed by atoms with E-state index >= 15 is 0 Å². The largest absolute Gasteiger partial charge is 0.449 e. The third-order valence-corrected chi connectivity index (χ3v) is 3.09. The summed E-state index contributed by atoms with van der Waals surface area (Å²) in [6.45, 7) is 6.58. The molecule has 0 bridgehead atoms. The highest BCUT2D eigenvalue weighted by molar-refractivity contribution is 6.35. The topological polar surface area (TPSA) is 42.2 Å². The van der Waals surface area contributed by atoms with Crippen LogP contribution in [0, 0.1) is 12.8 Å². The molecule has 96 valence electrons. The molecular weight excluding hydrogens is 250 g/mol. The van der Waals surface area contributed by atoms with Gasteiger partial charge in [0, 0.05) is 17.5 Å². The SMILES string of the molecule is Cc1c(C(=O)NCC(C)C)oc2c(Cl)cccc12. The fourth-order valence-electron chi connectivity index (χ4n) is 1.80. The summed E-state index contributed by atoms with van der Waals surface area (Å²) in [5.74, 6) is 0.564. The van der Waals surface area contributed by atoms with Crippen molar-refractivity contribution >= 4 is 28.5 Å². The average molecular weight is 266 g/mol. The molecule has 0 saturated heterocycles. The van der Waals surface area contributed by atoms with Crippen molar-refractivity contribution in [3.8, 4) is 0 Å². The normalized spacial score (nSPS) is 11.2. The lowest BCUT2D eigenvalue weighted by molar-refractivity contribution is 0.0922. The van der Waals surface area contributed by atoms with Crippen molar-refractivity contribution in [1.82, 2.24) is 5.32 Å². The van der Waals surface area contributed by atoms with E-state index in [0.29, 0.717) is 28.8 Å². The number of para-hydroxylation sites is 1. The summed E-state index contributed by atoms with van der Waals surface area (Å²) in [6, 6.07) is 5.50. The number of aryl methyl sites for hydroxylation is 1. The van der Waals surface area contributed by atoms with Crippen molar-refractivity contribution in [3.05, 3.63) is 34.5 Å². The van der Waals surface area contributed by atoms with Crippen LogP contribution in [0.2, 0.25) is 5.02 Å². The van der Waals surface area contributed by atoms with Crippen LogP contribution in [0.3, 0.4) is 0 Å². The molecule has 0 spiro atoms. The zero-order valence-corrected chi connectivity index (χ0v) is 11.5. The van der Waals surface area contributed by atoms with E-state index in [4.69, 9.17) is 16.0 Å².